The summed E-state index contributed by atoms with van der Waals surface area (Å²) < 4.78 is 5.39. The van der Waals surface area contributed by atoms with E-state index in [1.54, 1.807) is 0 Å². The normalized spacial score (nSPS) is 10.1. The van der Waals surface area contributed by atoms with Crippen LogP contribution in [0.5, 0.6) is 0 Å². The highest BCUT2D eigenvalue weighted by Gasteiger charge is 2.13. The first kappa shape index (κ1) is 12.3. The molecule has 0 bridgehead atoms. The van der Waals surface area contributed by atoms with Crippen LogP contribution in [0.3, 0.4) is 0 Å². The van der Waals surface area contributed by atoms with Crippen molar-refractivity contribution in [2.24, 2.45) is 0 Å². The van der Waals surface area contributed by atoms with Gasteiger partial charge < -0.3 is 4.43 Å². The highest BCUT2D eigenvalue weighted by molar-refractivity contribution is 6.70. The minimum absolute atomic E-state index is 0.943. The van der Waals surface area contributed by atoms with E-state index in [-0.39, 0.29) is 0 Å². The molecule has 0 aromatic heterocycles. The maximum absolute atomic E-state index is 5.39. The molecular weight excluding hydrogens is 176 g/mol. The molecule has 2 heteroatoms. The van der Waals surface area contributed by atoms with Crippen LogP contribution >= 0.6 is 0 Å². The number of unbranched alkanes of at least 4 members (excludes halogenated alkanes) is 3. The van der Waals surface area contributed by atoms with E-state index in [0.717, 1.165) is 19.3 Å². The lowest BCUT2D eigenvalue weighted by molar-refractivity contribution is 0.518. The molecule has 0 aromatic rings. The van der Waals surface area contributed by atoms with Gasteiger partial charge in [0.2, 0.25) is 0 Å². The van der Waals surface area contributed by atoms with Crippen LogP contribution in [-0.4, -0.2) is 8.32 Å². The van der Waals surface area contributed by atoms with Gasteiger partial charge in [0.1, 0.15) is 0 Å². The molecule has 0 spiro atoms. The first-order valence-corrected chi connectivity index (χ1v) is 8.24. The molecule has 13 heavy (non-hydrogen) atoms. The van der Waals surface area contributed by atoms with Crippen molar-refractivity contribution in [3.8, 4) is 12.0 Å². The predicted octanol–water partition coefficient (Wildman–Crippen LogP) is 3.55. The lowest BCUT2D eigenvalue weighted by atomic mass is 10.2. The molecule has 0 aromatic carbocycles. The van der Waals surface area contributed by atoms with E-state index in [2.05, 4.69) is 38.2 Å². The second-order valence-electron chi connectivity index (χ2n) is 4.03. The Balaban J connectivity index is 3.35. The van der Waals surface area contributed by atoms with Gasteiger partial charge in [-0.2, -0.15) is 0 Å². The van der Waals surface area contributed by atoms with E-state index < -0.39 is 8.32 Å². The van der Waals surface area contributed by atoms with E-state index >= 15 is 0 Å². The Hall–Kier alpha value is -0.683. The Morgan fingerprint density at radius 3 is 2.54 bits per heavy atom. The summed E-state index contributed by atoms with van der Waals surface area (Å²) in [6.07, 6.45) is 9.11. The zero-order chi connectivity index (χ0) is 10.2. The molecule has 0 amide bonds. The van der Waals surface area contributed by atoms with Gasteiger partial charge in [-0.3, -0.25) is 0 Å². The molecular formula is C11H20OSi. The summed E-state index contributed by atoms with van der Waals surface area (Å²) in [6, 6.07) is 0. The zero-order valence-electron chi connectivity index (χ0n) is 9.02. The van der Waals surface area contributed by atoms with Gasteiger partial charge in [0.25, 0.3) is 8.32 Å². The Morgan fingerprint density at radius 1 is 1.31 bits per heavy atom. The van der Waals surface area contributed by atoms with E-state index in [9.17, 15) is 0 Å². The molecule has 1 nitrogen and oxygen atoms in total. The van der Waals surface area contributed by atoms with Crippen molar-refractivity contribution in [3.63, 3.8) is 0 Å². The maximum atomic E-state index is 5.39. The van der Waals surface area contributed by atoms with Gasteiger partial charge in [0.15, 0.2) is 0 Å². The molecule has 0 N–H and O–H groups in total. The van der Waals surface area contributed by atoms with Crippen LogP contribution in [0.25, 0.3) is 0 Å². The molecule has 0 aliphatic rings. The third kappa shape index (κ3) is 11.3. The lowest BCUT2D eigenvalue weighted by Crippen LogP contribution is -2.22. The quantitative estimate of drug-likeness (QED) is 0.283. The van der Waals surface area contributed by atoms with Crippen molar-refractivity contribution in [2.75, 3.05) is 0 Å². The molecule has 0 radical (unpaired) electrons. The Labute approximate surface area is 83.3 Å². The van der Waals surface area contributed by atoms with E-state index in [1.165, 1.54) is 6.42 Å². The van der Waals surface area contributed by atoms with Crippen LogP contribution in [0, 0.1) is 12.0 Å². The minimum atomic E-state index is -1.42. The summed E-state index contributed by atoms with van der Waals surface area (Å²) in [4.78, 5) is 0. The van der Waals surface area contributed by atoms with E-state index in [4.69, 9.17) is 4.43 Å². The number of allylic oxidation sites excluding steroid dienone is 1. The van der Waals surface area contributed by atoms with Crippen molar-refractivity contribution >= 4 is 8.32 Å². The van der Waals surface area contributed by atoms with Gasteiger partial charge in [-0.1, -0.05) is 12.0 Å². The number of rotatable bonds is 5. The van der Waals surface area contributed by atoms with Gasteiger partial charge in [-0.15, -0.1) is 6.58 Å². The highest BCUT2D eigenvalue weighted by Crippen LogP contribution is 2.01. The Bertz CT molecular complexity index is 192. The fourth-order valence-corrected chi connectivity index (χ4v) is 1.12. The van der Waals surface area contributed by atoms with Crippen LogP contribution in [-0.2, 0) is 4.43 Å². The molecule has 74 valence electrons. The fraction of sp³-hybridized carbons (Fsp3) is 0.636. The summed E-state index contributed by atoms with van der Waals surface area (Å²) >= 11 is 0. The van der Waals surface area contributed by atoms with Crippen LogP contribution in [0.4, 0.5) is 0 Å². The monoisotopic (exact) mass is 196 g/mol. The van der Waals surface area contributed by atoms with Crippen LogP contribution in [0.1, 0.15) is 25.7 Å². The van der Waals surface area contributed by atoms with Gasteiger partial charge in [-0.05, 0) is 38.9 Å². The van der Waals surface area contributed by atoms with Crippen molar-refractivity contribution in [3.05, 3.63) is 12.7 Å². The van der Waals surface area contributed by atoms with Gasteiger partial charge in [-0.25, -0.2) is 0 Å². The Morgan fingerprint density at radius 2 is 2.00 bits per heavy atom. The summed E-state index contributed by atoms with van der Waals surface area (Å²) in [5, 5.41) is 0. The lowest BCUT2D eigenvalue weighted by Gasteiger charge is -2.11. The van der Waals surface area contributed by atoms with Crippen LogP contribution < -0.4 is 0 Å². The highest BCUT2D eigenvalue weighted by atomic mass is 28.4. The first-order valence-electron chi connectivity index (χ1n) is 4.83. The van der Waals surface area contributed by atoms with Crippen molar-refractivity contribution in [2.45, 2.75) is 45.3 Å². The van der Waals surface area contributed by atoms with Crippen LogP contribution in [0.15, 0.2) is 12.7 Å². The molecule has 0 rings (SSSR count). The molecule has 0 atom stereocenters. The summed E-state index contributed by atoms with van der Waals surface area (Å²) in [5.74, 6) is 3.03. The predicted molar refractivity (Wildman–Crippen MR) is 60.9 cm³/mol. The van der Waals surface area contributed by atoms with Gasteiger partial charge in [0.05, 0.1) is 6.11 Å². The van der Waals surface area contributed by atoms with Gasteiger partial charge in [0, 0.05) is 6.42 Å². The van der Waals surface area contributed by atoms with Crippen molar-refractivity contribution in [1.82, 2.24) is 0 Å². The summed E-state index contributed by atoms with van der Waals surface area (Å²) in [6.45, 7) is 10.1. The molecule has 0 aliphatic carbocycles. The topological polar surface area (TPSA) is 9.23 Å². The first-order chi connectivity index (χ1) is 6.06. The SMILES string of the molecule is C=CCCCCC#CO[Si](C)(C)C. The van der Waals surface area contributed by atoms with E-state index in [1.807, 2.05) is 6.08 Å². The maximum Gasteiger partial charge on any atom is 0.255 e. The Kier molecular flexibility index (Phi) is 6.44. The molecule has 0 aliphatic heterocycles. The number of hydrogen-bond donors (Lipinski definition) is 0. The molecule has 0 heterocycles. The molecule has 0 fully saturated rings. The van der Waals surface area contributed by atoms with Crippen molar-refractivity contribution in [1.29, 1.82) is 0 Å². The second-order valence-corrected chi connectivity index (χ2v) is 8.46. The van der Waals surface area contributed by atoms with Crippen LogP contribution in [0.2, 0.25) is 19.6 Å². The van der Waals surface area contributed by atoms with Crippen molar-refractivity contribution < 1.29 is 4.43 Å². The smallest absolute Gasteiger partial charge is 0.255 e. The molecule has 0 saturated carbocycles. The fourth-order valence-electron chi connectivity index (χ4n) is 0.742. The third-order valence-corrected chi connectivity index (χ3v) is 2.10. The molecule has 0 unspecified atom stereocenters. The standard InChI is InChI=1S/C11H20OSi/c1-5-6-7-8-9-10-11-12-13(2,3)4/h5H,1,6-9H2,2-4H3. The molecule has 0 saturated heterocycles. The largest absolute Gasteiger partial charge is 0.501 e. The average Bonchev–Trinajstić information content (AvgIpc) is 2.01. The van der Waals surface area contributed by atoms with E-state index in [0.29, 0.717) is 0 Å². The minimum Gasteiger partial charge on any atom is -0.501 e. The summed E-state index contributed by atoms with van der Waals surface area (Å²) in [7, 11) is -1.42. The second kappa shape index (κ2) is 6.79. The summed E-state index contributed by atoms with van der Waals surface area (Å²) in [5.41, 5.74) is 0. The average molecular weight is 196 g/mol. The number of hydrogen-bond acceptors (Lipinski definition) is 1. The zero-order valence-corrected chi connectivity index (χ0v) is 10.0. The third-order valence-electron chi connectivity index (χ3n) is 1.39. The van der Waals surface area contributed by atoms with Gasteiger partial charge >= 0.3 is 0 Å².